The number of para-hydroxylation sites is 1. The van der Waals surface area contributed by atoms with Crippen LogP contribution in [-0.4, -0.2) is 28.6 Å². The number of aliphatic carboxylic acids is 1. The van der Waals surface area contributed by atoms with Gasteiger partial charge >= 0.3 is 5.97 Å². The minimum absolute atomic E-state index is 0.0350. The Morgan fingerprint density at radius 3 is 2.52 bits per heavy atom. The van der Waals surface area contributed by atoms with Crippen LogP contribution in [0.1, 0.15) is 32.3 Å². The topological polar surface area (TPSA) is 102 Å². The van der Waals surface area contributed by atoms with Crippen LogP contribution in [0.2, 0.25) is 0 Å². The molecular weight excluding hydrogens is 300 g/mol. The Hall–Kier alpha value is -2.57. The summed E-state index contributed by atoms with van der Waals surface area (Å²) < 4.78 is 5.43. The molecule has 0 saturated carbocycles. The number of nitrogens with zero attached hydrogens (tertiary/aromatic N) is 1. The Balaban J connectivity index is 2.66. The van der Waals surface area contributed by atoms with Gasteiger partial charge in [-0.2, -0.15) is 0 Å². The number of nitrogens with one attached hydrogen (secondary N) is 1. The first-order valence-electron chi connectivity index (χ1n) is 7.28. The molecule has 0 saturated heterocycles. The van der Waals surface area contributed by atoms with E-state index in [0.29, 0.717) is 5.56 Å². The molecule has 0 heterocycles. The van der Waals surface area contributed by atoms with E-state index in [9.17, 15) is 14.9 Å². The van der Waals surface area contributed by atoms with Crippen molar-refractivity contribution in [2.75, 3.05) is 6.61 Å². The maximum atomic E-state index is 11.1. The second kappa shape index (κ2) is 8.17. The number of ether oxygens (including phenoxy) is 1. The molecule has 0 aliphatic rings. The molecule has 0 spiro atoms. The lowest BCUT2D eigenvalue weighted by Gasteiger charge is -2.22. The average molecular weight is 322 g/mol. The second-order valence-electron chi connectivity index (χ2n) is 5.66. The van der Waals surface area contributed by atoms with Gasteiger partial charge in [-0.1, -0.05) is 39.0 Å². The monoisotopic (exact) mass is 322 g/mol. The van der Waals surface area contributed by atoms with Crippen molar-refractivity contribution in [2.24, 2.45) is 5.92 Å². The van der Waals surface area contributed by atoms with Crippen LogP contribution >= 0.6 is 0 Å². The molecule has 0 aliphatic carbocycles. The van der Waals surface area contributed by atoms with Gasteiger partial charge in [0.1, 0.15) is 6.04 Å². The first kappa shape index (κ1) is 18.5. The Labute approximate surface area is 135 Å². The van der Waals surface area contributed by atoms with E-state index in [1.54, 1.807) is 39.0 Å². The molecule has 2 N–H and O–H groups in total. The van der Waals surface area contributed by atoms with E-state index >= 15 is 0 Å². The number of carboxylic acids is 1. The second-order valence-corrected chi connectivity index (χ2v) is 5.66. The molecule has 0 aromatic heterocycles. The van der Waals surface area contributed by atoms with Gasteiger partial charge in [-0.15, -0.1) is 0 Å². The van der Waals surface area contributed by atoms with Crippen LogP contribution in [0, 0.1) is 16.0 Å². The number of nitro groups is 1. The highest BCUT2D eigenvalue weighted by molar-refractivity contribution is 5.74. The molecule has 7 heteroatoms. The SMILES string of the molecule is C=C(NC(C(=O)O)C(C)C)OCC(C)c1ccccc1[N+](=O)[O-]. The fraction of sp³-hybridized carbons (Fsp3) is 0.438. The molecular formula is C16H22N2O5. The Morgan fingerprint density at radius 2 is 2.00 bits per heavy atom. The molecule has 1 aromatic carbocycles. The molecule has 0 aliphatic heterocycles. The number of hydrogen-bond donors (Lipinski definition) is 2. The fourth-order valence-corrected chi connectivity index (χ4v) is 2.11. The zero-order chi connectivity index (χ0) is 17.6. The number of rotatable bonds is 9. The van der Waals surface area contributed by atoms with E-state index in [-0.39, 0.29) is 30.0 Å². The molecule has 2 atom stereocenters. The summed E-state index contributed by atoms with van der Waals surface area (Å²) in [6.45, 7) is 9.15. The predicted octanol–water partition coefficient (Wildman–Crippen LogP) is 2.88. The lowest BCUT2D eigenvalue weighted by Crippen LogP contribution is -2.40. The van der Waals surface area contributed by atoms with Crippen molar-refractivity contribution in [3.63, 3.8) is 0 Å². The van der Waals surface area contributed by atoms with Gasteiger partial charge in [0.05, 0.1) is 11.5 Å². The fourth-order valence-electron chi connectivity index (χ4n) is 2.11. The maximum absolute atomic E-state index is 11.1. The van der Waals surface area contributed by atoms with Crippen LogP contribution in [0.15, 0.2) is 36.7 Å². The summed E-state index contributed by atoms with van der Waals surface area (Å²) in [7, 11) is 0. The summed E-state index contributed by atoms with van der Waals surface area (Å²) >= 11 is 0. The van der Waals surface area contributed by atoms with Gasteiger partial charge in [0.25, 0.3) is 5.69 Å². The predicted molar refractivity (Wildman–Crippen MR) is 86.0 cm³/mol. The lowest BCUT2D eigenvalue weighted by molar-refractivity contribution is -0.385. The molecule has 1 aromatic rings. The molecule has 0 bridgehead atoms. The summed E-state index contributed by atoms with van der Waals surface area (Å²) in [5.74, 6) is -1.23. The van der Waals surface area contributed by atoms with Crippen molar-refractivity contribution in [2.45, 2.75) is 32.7 Å². The van der Waals surface area contributed by atoms with E-state index in [4.69, 9.17) is 9.84 Å². The summed E-state index contributed by atoms with van der Waals surface area (Å²) in [5.41, 5.74) is 0.594. The van der Waals surface area contributed by atoms with Gasteiger partial charge in [-0.3, -0.25) is 10.1 Å². The summed E-state index contributed by atoms with van der Waals surface area (Å²) in [5, 5.41) is 22.9. The van der Waals surface area contributed by atoms with Gasteiger partial charge in [0.15, 0.2) is 5.88 Å². The summed E-state index contributed by atoms with van der Waals surface area (Å²) in [6.07, 6.45) is 0. The first-order valence-corrected chi connectivity index (χ1v) is 7.28. The molecule has 1 rings (SSSR count). The van der Waals surface area contributed by atoms with Crippen molar-refractivity contribution in [1.82, 2.24) is 5.32 Å². The highest BCUT2D eigenvalue weighted by atomic mass is 16.6. The van der Waals surface area contributed by atoms with Crippen LogP contribution in [0.3, 0.4) is 0 Å². The molecule has 0 amide bonds. The number of nitro benzene ring substituents is 1. The van der Waals surface area contributed by atoms with Crippen molar-refractivity contribution in [1.29, 1.82) is 0 Å². The van der Waals surface area contributed by atoms with Crippen molar-refractivity contribution >= 4 is 11.7 Å². The Bertz CT molecular complexity index is 586. The van der Waals surface area contributed by atoms with E-state index in [0.717, 1.165) is 0 Å². The third-order valence-electron chi connectivity index (χ3n) is 3.42. The van der Waals surface area contributed by atoms with Gasteiger partial charge < -0.3 is 15.2 Å². The third kappa shape index (κ3) is 5.28. The number of carboxylic acid groups (broad SMARTS) is 1. The van der Waals surface area contributed by atoms with Crippen LogP contribution in [0.4, 0.5) is 5.69 Å². The van der Waals surface area contributed by atoms with E-state index < -0.39 is 16.9 Å². The van der Waals surface area contributed by atoms with Gasteiger partial charge in [0.2, 0.25) is 0 Å². The molecule has 23 heavy (non-hydrogen) atoms. The smallest absolute Gasteiger partial charge is 0.326 e. The zero-order valence-electron chi connectivity index (χ0n) is 13.5. The molecule has 7 nitrogen and oxygen atoms in total. The highest BCUT2D eigenvalue weighted by Crippen LogP contribution is 2.26. The van der Waals surface area contributed by atoms with E-state index in [2.05, 4.69) is 11.9 Å². The Morgan fingerprint density at radius 1 is 1.39 bits per heavy atom. The van der Waals surface area contributed by atoms with Crippen LogP contribution < -0.4 is 5.32 Å². The zero-order valence-corrected chi connectivity index (χ0v) is 13.5. The van der Waals surface area contributed by atoms with Gasteiger partial charge in [-0.25, -0.2) is 4.79 Å². The number of carbonyl (C=O) groups is 1. The number of benzene rings is 1. The minimum Gasteiger partial charge on any atom is -0.480 e. The molecule has 126 valence electrons. The summed E-state index contributed by atoms with van der Waals surface area (Å²) in [4.78, 5) is 21.7. The maximum Gasteiger partial charge on any atom is 0.326 e. The van der Waals surface area contributed by atoms with E-state index in [1.165, 1.54) is 6.07 Å². The standard InChI is InChI=1S/C16H22N2O5/c1-10(2)15(16(19)20)17-12(4)23-9-11(3)13-7-5-6-8-14(13)18(21)22/h5-8,10-11,15,17H,4,9H2,1-3H3,(H,19,20). The third-order valence-corrected chi connectivity index (χ3v) is 3.42. The quantitative estimate of drug-likeness (QED) is 0.412. The normalized spacial score (nSPS) is 13.2. The van der Waals surface area contributed by atoms with Crippen LogP contribution in [0.5, 0.6) is 0 Å². The van der Waals surface area contributed by atoms with Crippen LogP contribution in [0.25, 0.3) is 0 Å². The van der Waals surface area contributed by atoms with E-state index in [1.807, 2.05) is 0 Å². The van der Waals surface area contributed by atoms with Crippen molar-refractivity contribution < 1.29 is 19.6 Å². The number of hydrogen-bond acceptors (Lipinski definition) is 5. The van der Waals surface area contributed by atoms with Gasteiger partial charge in [0, 0.05) is 17.5 Å². The molecule has 2 unspecified atom stereocenters. The summed E-state index contributed by atoms with van der Waals surface area (Å²) in [6, 6.07) is 5.65. The van der Waals surface area contributed by atoms with Crippen molar-refractivity contribution in [3.05, 3.63) is 52.4 Å². The molecule has 0 radical (unpaired) electrons. The molecule has 0 fully saturated rings. The minimum atomic E-state index is -0.989. The average Bonchev–Trinajstić information content (AvgIpc) is 2.49. The highest BCUT2D eigenvalue weighted by Gasteiger charge is 2.23. The lowest BCUT2D eigenvalue weighted by atomic mass is 10.0. The van der Waals surface area contributed by atoms with Crippen LogP contribution in [-0.2, 0) is 9.53 Å². The van der Waals surface area contributed by atoms with Crippen molar-refractivity contribution in [3.8, 4) is 0 Å². The van der Waals surface area contributed by atoms with Gasteiger partial charge in [-0.05, 0) is 12.5 Å². The first-order chi connectivity index (χ1) is 10.7. The Kier molecular flexibility index (Phi) is 6.56. The largest absolute Gasteiger partial charge is 0.480 e.